The molecule has 0 aliphatic heterocycles. The lowest BCUT2D eigenvalue weighted by Gasteiger charge is -2.31. The highest BCUT2D eigenvalue weighted by Gasteiger charge is 2.42. The molecule has 1 fully saturated rings. The summed E-state index contributed by atoms with van der Waals surface area (Å²) in [4.78, 5) is 0. The van der Waals surface area contributed by atoms with Gasteiger partial charge in [0.05, 0.1) is 11.9 Å². The molecule has 17 heavy (non-hydrogen) atoms. The minimum absolute atomic E-state index is 0.0670. The van der Waals surface area contributed by atoms with Crippen LogP contribution in [0, 0.1) is 0 Å². The quantitative estimate of drug-likeness (QED) is 0.725. The van der Waals surface area contributed by atoms with Crippen LogP contribution in [0.1, 0.15) is 52.9 Å². The summed E-state index contributed by atoms with van der Waals surface area (Å²) in [5, 5.41) is 9.03. The summed E-state index contributed by atoms with van der Waals surface area (Å²) in [6.45, 7) is 5.42. The van der Waals surface area contributed by atoms with Crippen LogP contribution >= 0.6 is 0 Å². The molecular weight excluding hydrogens is 238 g/mol. The van der Waals surface area contributed by atoms with Crippen LogP contribution in [0.25, 0.3) is 0 Å². The Hall–Kier alpha value is -0.130. The van der Waals surface area contributed by atoms with Crippen molar-refractivity contribution in [3.63, 3.8) is 0 Å². The zero-order valence-electron chi connectivity index (χ0n) is 11.1. The third-order valence-corrected chi connectivity index (χ3v) is 5.63. The number of sulfonamides is 1. The van der Waals surface area contributed by atoms with Crippen LogP contribution in [0.5, 0.6) is 0 Å². The van der Waals surface area contributed by atoms with E-state index >= 15 is 0 Å². The molecule has 0 saturated heterocycles. The average Bonchev–Trinajstić information content (AvgIpc) is 3.07. The average molecular weight is 263 g/mol. The first-order valence-electron chi connectivity index (χ1n) is 6.58. The number of aliphatic hydroxyl groups excluding tert-OH is 1. The van der Waals surface area contributed by atoms with Crippen molar-refractivity contribution < 1.29 is 13.5 Å². The van der Waals surface area contributed by atoms with Gasteiger partial charge in [-0.15, -0.1) is 0 Å². The fourth-order valence-corrected chi connectivity index (χ4v) is 3.73. The van der Waals surface area contributed by atoms with E-state index in [-0.39, 0.29) is 18.7 Å². The maximum Gasteiger partial charge on any atom is 0.217 e. The van der Waals surface area contributed by atoms with E-state index in [2.05, 4.69) is 6.92 Å². The van der Waals surface area contributed by atoms with Crippen molar-refractivity contribution in [2.75, 3.05) is 6.61 Å². The van der Waals surface area contributed by atoms with Crippen LogP contribution in [-0.4, -0.2) is 41.8 Å². The number of unbranched alkanes of at least 4 members (excludes halogenated alkanes) is 1. The fourth-order valence-electron chi connectivity index (χ4n) is 2.02. The normalized spacial score (nSPS) is 18.9. The van der Waals surface area contributed by atoms with Crippen LogP contribution < -0.4 is 0 Å². The molecule has 0 heterocycles. The maximum absolute atomic E-state index is 12.3. The van der Waals surface area contributed by atoms with Crippen molar-refractivity contribution in [3.05, 3.63) is 0 Å². The Morgan fingerprint density at radius 1 is 1.35 bits per heavy atom. The van der Waals surface area contributed by atoms with Crippen molar-refractivity contribution in [1.82, 2.24) is 4.31 Å². The summed E-state index contributed by atoms with van der Waals surface area (Å²) in [6, 6.07) is -0.0914. The lowest BCUT2D eigenvalue weighted by Crippen LogP contribution is -2.46. The van der Waals surface area contributed by atoms with Crippen LogP contribution in [0.2, 0.25) is 0 Å². The summed E-state index contributed by atoms with van der Waals surface area (Å²) in [6.07, 6.45) is 4.62. The van der Waals surface area contributed by atoms with E-state index in [1.54, 1.807) is 18.2 Å². The predicted molar refractivity (Wildman–Crippen MR) is 69.3 cm³/mol. The lowest BCUT2D eigenvalue weighted by atomic mass is 10.1. The Bertz CT molecular complexity index is 323. The molecule has 1 aliphatic rings. The number of nitrogens with zero attached hydrogens (tertiary/aromatic N) is 1. The molecule has 102 valence electrons. The Morgan fingerprint density at radius 3 is 2.29 bits per heavy atom. The molecule has 0 radical (unpaired) electrons. The first-order chi connectivity index (χ1) is 7.95. The molecule has 0 unspecified atom stereocenters. The van der Waals surface area contributed by atoms with Crippen LogP contribution in [0.3, 0.4) is 0 Å². The molecule has 0 spiro atoms. The van der Waals surface area contributed by atoms with E-state index in [4.69, 9.17) is 0 Å². The van der Waals surface area contributed by atoms with Gasteiger partial charge >= 0.3 is 0 Å². The molecule has 5 heteroatoms. The van der Waals surface area contributed by atoms with Gasteiger partial charge in [0.25, 0.3) is 0 Å². The van der Waals surface area contributed by atoms with Crippen LogP contribution in [-0.2, 0) is 10.0 Å². The van der Waals surface area contributed by atoms with Gasteiger partial charge in [0, 0.05) is 12.1 Å². The molecule has 1 aliphatic carbocycles. The first kappa shape index (κ1) is 14.9. The second-order valence-corrected chi connectivity index (χ2v) is 7.53. The number of aliphatic hydroxyl groups is 1. The van der Waals surface area contributed by atoms with E-state index in [0.29, 0.717) is 0 Å². The van der Waals surface area contributed by atoms with E-state index in [1.807, 2.05) is 0 Å². The molecular formula is C12H25NO3S. The molecule has 1 saturated carbocycles. The molecule has 4 nitrogen and oxygen atoms in total. The summed E-state index contributed by atoms with van der Waals surface area (Å²) in [5.74, 6) is 0. The van der Waals surface area contributed by atoms with Gasteiger partial charge in [-0.25, -0.2) is 8.42 Å². The van der Waals surface area contributed by atoms with Crippen molar-refractivity contribution in [2.24, 2.45) is 0 Å². The highest BCUT2D eigenvalue weighted by Crippen LogP contribution is 2.33. The largest absolute Gasteiger partial charge is 0.395 e. The Kier molecular flexibility index (Phi) is 5.41. The second-order valence-electron chi connectivity index (χ2n) is 5.13. The third kappa shape index (κ3) is 3.66. The topological polar surface area (TPSA) is 57.6 Å². The van der Waals surface area contributed by atoms with Gasteiger partial charge in [0.1, 0.15) is 0 Å². The zero-order valence-corrected chi connectivity index (χ0v) is 11.9. The minimum atomic E-state index is -3.24. The summed E-state index contributed by atoms with van der Waals surface area (Å²) < 4.78 is 26.2. The van der Waals surface area contributed by atoms with Crippen molar-refractivity contribution in [3.8, 4) is 0 Å². The molecule has 1 rings (SSSR count). The molecule has 0 aromatic rings. The predicted octanol–water partition coefficient (Wildman–Crippen LogP) is 1.74. The Morgan fingerprint density at radius 2 is 1.94 bits per heavy atom. The van der Waals surface area contributed by atoms with Crippen molar-refractivity contribution >= 4 is 10.0 Å². The molecule has 1 N–H and O–H groups in total. The summed E-state index contributed by atoms with van der Waals surface area (Å²) in [7, 11) is -3.24. The maximum atomic E-state index is 12.3. The van der Waals surface area contributed by atoms with Crippen LogP contribution in [0.4, 0.5) is 0 Å². The van der Waals surface area contributed by atoms with E-state index < -0.39 is 15.3 Å². The second kappa shape index (κ2) is 6.16. The monoisotopic (exact) mass is 263 g/mol. The number of hydrogen-bond donors (Lipinski definition) is 1. The molecule has 1 atom stereocenters. The molecule has 0 bridgehead atoms. The SMILES string of the molecule is CCCC[C@@H](CO)N(C1CC1)S(=O)(=O)C(C)C. The molecule has 0 amide bonds. The standard InChI is InChI=1S/C12H25NO3S/c1-4-5-6-12(9-14)13(11-7-8-11)17(15,16)10(2)3/h10-12,14H,4-9H2,1-3H3/t12-/m0/s1. The van der Waals surface area contributed by atoms with Crippen molar-refractivity contribution in [2.45, 2.75) is 70.2 Å². The van der Waals surface area contributed by atoms with E-state index in [9.17, 15) is 13.5 Å². The zero-order chi connectivity index (χ0) is 13.1. The van der Waals surface area contributed by atoms with Crippen LogP contribution in [0.15, 0.2) is 0 Å². The van der Waals surface area contributed by atoms with Gasteiger partial charge in [-0.2, -0.15) is 4.31 Å². The highest BCUT2D eigenvalue weighted by molar-refractivity contribution is 7.89. The first-order valence-corrected chi connectivity index (χ1v) is 8.08. The number of rotatable bonds is 8. The summed E-state index contributed by atoms with van der Waals surface area (Å²) >= 11 is 0. The highest BCUT2D eigenvalue weighted by atomic mass is 32.2. The van der Waals surface area contributed by atoms with Crippen molar-refractivity contribution in [1.29, 1.82) is 0 Å². The number of hydrogen-bond acceptors (Lipinski definition) is 3. The van der Waals surface area contributed by atoms with Gasteiger partial charge in [0.15, 0.2) is 0 Å². The molecule has 0 aromatic carbocycles. The van der Waals surface area contributed by atoms with Gasteiger partial charge in [-0.1, -0.05) is 19.8 Å². The van der Waals surface area contributed by atoms with E-state index in [1.165, 1.54) is 0 Å². The summed E-state index contributed by atoms with van der Waals surface area (Å²) in [5.41, 5.74) is 0. The van der Waals surface area contributed by atoms with Gasteiger partial charge in [0.2, 0.25) is 10.0 Å². The Labute approximate surface area is 105 Å². The minimum Gasteiger partial charge on any atom is -0.395 e. The fraction of sp³-hybridized carbons (Fsp3) is 1.00. The Balaban J connectivity index is 2.83. The third-order valence-electron chi connectivity index (χ3n) is 3.26. The smallest absolute Gasteiger partial charge is 0.217 e. The van der Waals surface area contributed by atoms with Gasteiger partial charge < -0.3 is 5.11 Å². The van der Waals surface area contributed by atoms with E-state index in [0.717, 1.165) is 32.1 Å². The van der Waals surface area contributed by atoms with Gasteiger partial charge in [-0.05, 0) is 33.1 Å². The van der Waals surface area contributed by atoms with Gasteiger partial charge in [-0.3, -0.25) is 0 Å². The molecule has 0 aromatic heterocycles. The lowest BCUT2D eigenvalue weighted by molar-refractivity contribution is 0.172.